The van der Waals surface area contributed by atoms with Crippen molar-refractivity contribution in [3.05, 3.63) is 376 Å². The quantitative estimate of drug-likeness (QED) is 0.134. The molecule has 0 radical (unpaired) electrons. The highest BCUT2D eigenvalue weighted by Crippen LogP contribution is 2.54. The number of aromatic nitrogens is 3. The van der Waals surface area contributed by atoms with Crippen LogP contribution < -0.4 is 26.2 Å². The molecular weight excluding hydrogens is 1370 g/mol. The molecule has 510 valence electrons. The molecule has 8 heteroatoms. The Kier molecular flexibility index (Phi) is 13.3. The highest BCUT2D eigenvalue weighted by molar-refractivity contribution is 7.26. The maximum atomic E-state index is 2.71. The van der Waals surface area contributed by atoms with E-state index in [0.717, 1.165) is 84.3 Å². The van der Waals surface area contributed by atoms with E-state index >= 15 is 0 Å². The molecule has 0 aliphatic carbocycles. The van der Waals surface area contributed by atoms with Crippen LogP contribution in [0.2, 0.25) is 0 Å². The molecule has 17 aromatic carbocycles. The van der Waals surface area contributed by atoms with Crippen molar-refractivity contribution in [1.82, 2.24) is 13.7 Å². The monoisotopic (exact) mass is 1430 g/mol. The number of nitrogens with zero attached hydrogens (tertiary/aromatic N) is 5. The predicted molar refractivity (Wildman–Crippen MR) is 471 cm³/mol. The van der Waals surface area contributed by atoms with E-state index in [1.54, 1.807) is 0 Å². The molecule has 0 atom stereocenters. The molecule has 0 spiro atoms. The summed E-state index contributed by atoms with van der Waals surface area (Å²) in [5, 5.41) is 12.1. The van der Waals surface area contributed by atoms with E-state index in [1.165, 1.54) is 134 Å². The fourth-order valence-electron chi connectivity index (χ4n) is 18.8. The summed E-state index contributed by atoms with van der Waals surface area (Å²) in [5.41, 5.74) is 30.1. The van der Waals surface area contributed by atoms with E-state index < -0.39 is 0 Å². The van der Waals surface area contributed by atoms with Gasteiger partial charge in [0.05, 0.1) is 50.2 Å². The Labute approximate surface area is 642 Å². The maximum absolute atomic E-state index is 2.71. The summed E-state index contributed by atoms with van der Waals surface area (Å²) < 4.78 is 12.7. The van der Waals surface area contributed by atoms with Crippen LogP contribution in [-0.2, 0) is 0 Å². The van der Waals surface area contributed by atoms with Gasteiger partial charge in [-0.1, -0.05) is 231 Å². The van der Waals surface area contributed by atoms with Crippen LogP contribution in [0.4, 0.5) is 34.1 Å². The van der Waals surface area contributed by atoms with Crippen molar-refractivity contribution < 1.29 is 0 Å². The summed E-state index contributed by atoms with van der Waals surface area (Å²) in [4.78, 5) is 5.43. The lowest BCUT2D eigenvalue weighted by molar-refractivity contribution is 1.16. The highest BCUT2D eigenvalue weighted by atomic mass is 32.1. The summed E-state index contributed by atoms with van der Waals surface area (Å²) in [5.74, 6) is 0. The molecule has 0 bridgehead atoms. The van der Waals surface area contributed by atoms with Crippen LogP contribution in [0.1, 0.15) is 0 Å². The Balaban J connectivity index is 0.899. The first-order valence-corrected chi connectivity index (χ1v) is 39.4. The molecule has 0 unspecified atom stereocenters. The molecule has 110 heavy (non-hydrogen) atoms. The molecule has 22 aromatic rings. The van der Waals surface area contributed by atoms with E-state index in [-0.39, 0.29) is 6.71 Å². The van der Waals surface area contributed by atoms with Gasteiger partial charge in [-0.3, -0.25) is 0 Å². The molecule has 0 saturated carbocycles. The number of thiophene rings is 2. The van der Waals surface area contributed by atoms with Crippen LogP contribution in [0.15, 0.2) is 376 Å². The van der Waals surface area contributed by atoms with Crippen molar-refractivity contribution in [3.63, 3.8) is 0 Å². The van der Waals surface area contributed by atoms with Gasteiger partial charge in [0.15, 0.2) is 0 Å². The normalized spacial score (nSPS) is 12.7. The third-order valence-corrected chi connectivity index (χ3v) is 25.8. The second-order valence-electron chi connectivity index (χ2n) is 29.4. The van der Waals surface area contributed by atoms with Gasteiger partial charge in [-0.25, -0.2) is 0 Å². The first-order valence-electron chi connectivity index (χ1n) is 37.8. The molecule has 24 rings (SSSR count). The summed E-state index contributed by atoms with van der Waals surface area (Å²) in [6, 6.07) is 142. The molecule has 7 heterocycles. The molecule has 0 saturated heterocycles. The zero-order valence-electron chi connectivity index (χ0n) is 59.4. The van der Waals surface area contributed by atoms with Crippen LogP contribution >= 0.6 is 22.7 Å². The van der Waals surface area contributed by atoms with Gasteiger partial charge in [0.25, 0.3) is 6.71 Å². The van der Waals surface area contributed by atoms with Crippen LogP contribution in [0, 0.1) is 0 Å². The van der Waals surface area contributed by atoms with Gasteiger partial charge in [-0.2, -0.15) is 0 Å². The highest BCUT2D eigenvalue weighted by Gasteiger charge is 2.46. The minimum Gasteiger partial charge on any atom is -0.311 e. The van der Waals surface area contributed by atoms with Crippen LogP contribution in [-0.4, -0.2) is 20.4 Å². The Morgan fingerprint density at radius 1 is 0.191 bits per heavy atom. The lowest BCUT2D eigenvalue weighted by Crippen LogP contribution is -2.61. The van der Waals surface area contributed by atoms with Gasteiger partial charge in [0.2, 0.25) is 0 Å². The molecule has 2 aliphatic rings. The fourth-order valence-corrected chi connectivity index (χ4v) is 21.0. The van der Waals surface area contributed by atoms with Gasteiger partial charge < -0.3 is 23.5 Å². The molecule has 0 amide bonds. The largest absolute Gasteiger partial charge is 0.311 e. The number of fused-ring (bicyclic) bond motifs is 19. The Morgan fingerprint density at radius 2 is 0.500 bits per heavy atom. The van der Waals surface area contributed by atoms with Gasteiger partial charge in [0, 0.05) is 107 Å². The first-order chi connectivity index (χ1) is 54.6. The summed E-state index contributed by atoms with van der Waals surface area (Å²) in [6.45, 7) is -0.318. The number of anilines is 6. The third-order valence-electron chi connectivity index (χ3n) is 23.5. The molecular formula is C102H62BN5S2. The Morgan fingerprint density at radius 3 is 0.864 bits per heavy atom. The van der Waals surface area contributed by atoms with Crippen molar-refractivity contribution >= 4 is 186 Å². The van der Waals surface area contributed by atoms with Crippen molar-refractivity contribution in [1.29, 1.82) is 0 Å². The van der Waals surface area contributed by atoms with Crippen molar-refractivity contribution in [2.75, 3.05) is 9.80 Å². The van der Waals surface area contributed by atoms with Crippen molar-refractivity contribution in [2.24, 2.45) is 0 Å². The molecule has 5 nitrogen and oxygen atoms in total. The van der Waals surface area contributed by atoms with E-state index in [2.05, 4.69) is 400 Å². The molecule has 2 aliphatic heterocycles. The third kappa shape index (κ3) is 9.09. The van der Waals surface area contributed by atoms with Crippen molar-refractivity contribution in [3.8, 4) is 61.6 Å². The SMILES string of the molecule is c1ccc(-c2ccc3c(c2)c2cc(-c4ccccc4)ccc2n3-c2cc3c4c(c2)N(c2cccc5sc6ccccc6c25)c2cc5c6cc(-c7ccccc7)ccc6n(-c6ccccc6)c5cc2B4c2cc4c(cc2N3c2cccc3sc5ccccc5c23)c2cc(-c3ccccc3)ccc2n4-c2ccccc2)cc1. The van der Waals surface area contributed by atoms with Crippen molar-refractivity contribution in [2.45, 2.75) is 0 Å². The predicted octanol–water partition coefficient (Wildman–Crippen LogP) is 26.5. The standard InChI is InChI=1S/C102H62BN5S2/c1-7-25-63(26-8-1)67-47-51-86-76(53-67)77-54-68(64-27-9-2-10-28-64)48-52-87(77)106(86)73-57-94-102-95(58-73)108(89-40-24-44-99-101(89)75-38-20-22-42-97(75)110-99)93-60-81-79-56-70(66-31-13-4-14-32-66)46-50-85(79)105(72-35-17-6-18-36-72)91(81)62-83(93)103(102)82-61-90-80(59-92(82)107(94)88-39-23-43-98-100(88)74-37-19-21-41-96(74)109-98)78-55-69(65-29-11-3-12-30-65)45-49-84(78)104(90)71-33-15-5-16-34-71/h1-62H. The van der Waals surface area contributed by atoms with Crippen LogP contribution in [0.5, 0.6) is 0 Å². The zero-order valence-corrected chi connectivity index (χ0v) is 61.1. The summed E-state index contributed by atoms with van der Waals surface area (Å²) in [7, 11) is 0. The van der Waals surface area contributed by atoms with E-state index in [0.29, 0.717) is 0 Å². The Hall–Kier alpha value is -13.8. The van der Waals surface area contributed by atoms with E-state index in [4.69, 9.17) is 0 Å². The van der Waals surface area contributed by atoms with Crippen LogP contribution in [0.25, 0.3) is 167 Å². The first kappa shape index (κ1) is 61.4. The van der Waals surface area contributed by atoms with Gasteiger partial charge in [-0.05, 0) is 206 Å². The number of rotatable bonds is 9. The minimum atomic E-state index is -0.318. The second-order valence-corrected chi connectivity index (χ2v) is 31.6. The molecule has 0 N–H and O–H groups in total. The summed E-state index contributed by atoms with van der Waals surface area (Å²) in [6.07, 6.45) is 0. The number of hydrogen-bond donors (Lipinski definition) is 0. The topological polar surface area (TPSA) is 21.3 Å². The van der Waals surface area contributed by atoms with Gasteiger partial charge in [0.1, 0.15) is 0 Å². The minimum absolute atomic E-state index is 0.318. The van der Waals surface area contributed by atoms with Gasteiger partial charge in [-0.15, -0.1) is 22.7 Å². The van der Waals surface area contributed by atoms with E-state index in [1.807, 2.05) is 22.7 Å². The van der Waals surface area contributed by atoms with Crippen LogP contribution in [0.3, 0.4) is 0 Å². The average molecular weight is 1430 g/mol. The Bertz CT molecular complexity index is 7140. The summed E-state index contributed by atoms with van der Waals surface area (Å²) >= 11 is 3.76. The fraction of sp³-hybridized carbons (Fsp3) is 0. The lowest BCUT2D eigenvalue weighted by atomic mass is 9.33. The lowest BCUT2D eigenvalue weighted by Gasteiger charge is -2.45. The maximum Gasteiger partial charge on any atom is 0.252 e. The second kappa shape index (κ2) is 23.9. The zero-order chi connectivity index (χ0) is 71.8. The average Bonchev–Trinajstić information content (AvgIpc) is 1.18. The number of para-hydroxylation sites is 2. The molecule has 5 aromatic heterocycles. The number of hydrogen-bond acceptors (Lipinski definition) is 4. The van der Waals surface area contributed by atoms with E-state index in [9.17, 15) is 0 Å². The smallest absolute Gasteiger partial charge is 0.252 e. The van der Waals surface area contributed by atoms with Gasteiger partial charge >= 0.3 is 0 Å². The number of benzene rings is 17. The molecule has 0 fully saturated rings.